The van der Waals surface area contributed by atoms with Gasteiger partial charge in [0.15, 0.2) is 0 Å². The molecule has 0 saturated carbocycles. The van der Waals surface area contributed by atoms with Gasteiger partial charge in [-0.05, 0) is 140 Å². The minimum atomic E-state index is -0.117. The van der Waals surface area contributed by atoms with Gasteiger partial charge < -0.3 is 4.90 Å². The summed E-state index contributed by atoms with van der Waals surface area (Å²) in [5.74, 6) is 0. The second-order valence-electron chi connectivity index (χ2n) is 19.5. The Morgan fingerprint density at radius 3 is 1.47 bits per heavy atom. The molecular weight excluding hydrogens is 615 g/mol. The SMILES string of the molecule is Cc1cc2c(cc1-c1cc3c(cc1N(c1ccc(C(C)(C)C)cc1)c1ccc(C(C)(C)C)cc1)C(C)(C)c1ccccc1-3)C(C)(C)CCC2(C)C. The average molecular weight is 674 g/mol. The van der Waals surface area contributed by atoms with Crippen molar-refractivity contribution in [2.45, 2.75) is 130 Å². The van der Waals surface area contributed by atoms with Crippen LogP contribution in [0.4, 0.5) is 17.1 Å². The Morgan fingerprint density at radius 1 is 0.471 bits per heavy atom. The lowest BCUT2D eigenvalue weighted by atomic mass is 9.62. The smallest absolute Gasteiger partial charge is 0.0543 e. The Kier molecular flexibility index (Phi) is 8.11. The molecule has 0 unspecified atom stereocenters. The van der Waals surface area contributed by atoms with Gasteiger partial charge in [0.05, 0.1) is 5.69 Å². The van der Waals surface area contributed by atoms with Crippen molar-refractivity contribution in [3.05, 3.63) is 136 Å². The Labute approximate surface area is 309 Å². The van der Waals surface area contributed by atoms with E-state index in [1.807, 2.05) is 0 Å². The van der Waals surface area contributed by atoms with Crippen LogP contribution in [0.3, 0.4) is 0 Å². The molecule has 7 rings (SSSR count). The Bertz CT molecular complexity index is 2070. The van der Waals surface area contributed by atoms with Crippen LogP contribution < -0.4 is 4.90 Å². The third kappa shape index (κ3) is 5.95. The standard InChI is InChI=1S/C50H59N/c1-32-28-43-44(49(10,11)27-26-48(43,8)9)30-38(32)40-29-39-37-16-14-15-17-41(37)50(12,13)42(39)31-45(40)51(35-22-18-33(19-23-35)46(2,3)4)36-24-20-34(21-25-36)47(5,6)7/h14-25,28-31H,26-27H2,1-13H3. The van der Waals surface area contributed by atoms with E-state index < -0.39 is 0 Å². The van der Waals surface area contributed by atoms with E-state index >= 15 is 0 Å². The van der Waals surface area contributed by atoms with Crippen molar-refractivity contribution in [3.63, 3.8) is 0 Å². The van der Waals surface area contributed by atoms with Gasteiger partial charge in [0, 0.05) is 22.4 Å². The van der Waals surface area contributed by atoms with Crippen molar-refractivity contribution < 1.29 is 0 Å². The van der Waals surface area contributed by atoms with Gasteiger partial charge in [-0.25, -0.2) is 0 Å². The van der Waals surface area contributed by atoms with E-state index in [1.165, 1.54) is 91.1 Å². The number of nitrogens with zero attached hydrogens (tertiary/aromatic N) is 1. The molecule has 0 bridgehead atoms. The maximum absolute atomic E-state index is 2.58. The van der Waals surface area contributed by atoms with E-state index in [0.717, 1.165) is 0 Å². The molecule has 0 fully saturated rings. The summed E-state index contributed by atoms with van der Waals surface area (Å²) in [4.78, 5) is 2.53. The van der Waals surface area contributed by atoms with Gasteiger partial charge in [-0.3, -0.25) is 0 Å². The molecule has 1 nitrogen and oxygen atoms in total. The summed E-state index contributed by atoms with van der Waals surface area (Å²) in [5, 5.41) is 0. The third-order valence-electron chi connectivity index (χ3n) is 12.4. The Balaban J connectivity index is 1.56. The lowest BCUT2D eigenvalue weighted by molar-refractivity contribution is 0.332. The van der Waals surface area contributed by atoms with E-state index in [9.17, 15) is 0 Å². The molecular formula is C50H59N. The van der Waals surface area contributed by atoms with E-state index in [4.69, 9.17) is 0 Å². The first-order valence-electron chi connectivity index (χ1n) is 19.2. The van der Waals surface area contributed by atoms with Crippen LogP contribution >= 0.6 is 0 Å². The number of anilines is 3. The molecule has 5 aromatic carbocycles. The first-order valence-corrected chi connectivity index (χ1v) is 19.2. The highest BCUT2D eigenvalue weighted by atomic mass is 15.1. The van der Waals surface area contributed by atoms with Crippen LogP contribution in [0.25, 0.3) is 22.3 Å². The number of aryl methyl sites for hydroxylation is 1. The van der Waals surface area contributed by atoms with Crippen molar-refractivity contribution in [1.82, 2.24) is 0 Å². The fourth-order valence-corrected chi connectivity index (χ4v) is 8.80. The van der Waals surface area contributed by atoms with Gasteiger partial charge in [-0.15, -0.1) is 0 Å². The van der Waals surface area contributed by atoms with E-state index in [2.05, 4.69) is 192 Å². The van der Waals surface area contributed by atoms with E-state index in [1.54, 1.807) is 0 Å². The topological polar surface area (TPSA) is 3.24 Å². The highest BCUT2D eigenvalue weighted by Crippen LogP contribution is 2.55. The first kappa shape index (κ1) is 35.3. The maximum Gasteiger partial charge on any atom is 0.0543 e. The van der Waals surface area contributed by atoms with Crippen molar-refractivity contribution in [2.75, 3.05) is 4.90 Å². The zero-order valence-electron chi connectivity index (χ0n) is 33.6. The zero-order chi connectivity index (χ0) is 36.9. The summed E-state index contributed by atoms with van der Waals surface area (Å²) in [7, 11) is 0. The third-order valence-corrected chi connectivity index (χ3v) is 12.4. The number of benzene rings is 5. The molecule has 0 atom stereocenters. The largest absolute Gasteiger partial charge is 0.310 e. The van der Waals surface area contributed by atoms with Crippen molar-refractivity contribution in [3.8, 4) is 22.3 Å². The summed E-state index contributed by atoms with van der Waals surface area (Å²) >= 11 is 0. The predicted octanol–water partition coefficient (Wildman–Crippen LogP) is 14.4. The van der Waals surface area contributed by atoms with Crippen LogP contribution in [-0.4, -0.2) is 0 Å². The van der Waals surface area contributed by atoms with E-state index in [-0.39, 0.29) is 27.1 Å². The second kappa shape index (κ2) is 11.7. The predicted molar refractivity (Wildman–Crippen MR) is 222 cm³/mol. The van der Waals surface area contributed by atoms with Gasteiger partial charge in [0.2, 0.25) is 0 Å². The normalized spacial score (nSPS) is 17.0. The van der Waals surface area contributed by atoms with Gasteiger partial charge in [-0.1, -0.05) is 138 Å². The summed E-state index contributed by atoms with van der Waals surface area (Å²) in [6, 6.07) is 37.9. The zero-order valence-corrected chi connectivity index (χ0v) is 33.6. The fourth-order valence-electron chi connectivity index (χ4n) is 8.80. The van der Waals surface area contributed by atoms with Crippen LogP contribution in [0.15, 0.2) is 97.1 Å². The molecule has 1 heteroatoms. The van der Waals surface area contributed by atoms with Crippen LogP contribution in [-0.2, 0) is 27.1 Å². The monoisotopic (exact) mass is 673 g/mol. The lowest BCUT2D eigenvalue weighted by Gasteiger charge is -2.42. The summed E-state index contributed by atoms with van der Waals surface area (Å²) in [5.41, 5.74) is 19.1. The van der Waals surface area contributed by atoms with Crippen LogP contribution in [0.2, 0.25) is 0 Å². The number of rotatable bonds is 4. The number of fused-ring (bicyclic) bond motifs is 4. The lowest BCUT2D eigenvalue weighted by Crippen LogP contribution is -2.34. The maximum atomic E-state index is 2.58. The molecule has 0 N–H and O–H groups in total. The highest BCUT2D eigenvalue weighted by Gasteiger charge is 2.40. The fraction of sp³-hybridized carbons (Fsp3) is 0.400. The molecule has 5 aromatic rings. The summed E-state index contributed by atoms with van der Waals surface area (Å²) in [6.07, 6.45) is 2.41. The molecule has 0 saturated heterocycles. The molecule has 0 heterocycles. The average Bonchev–Trinajstić information content (AvgIpc) is 3.28. The molecule has 2 aliphatic rings. The Morgan fingerprint density at radius 2 is 0.961 bits per heavy atom. The van der Waals surface area contributed by atoms with Crippen molar-refractivity contribution in [2.24, 2.45) is 0 Å². The molecule has 2 aliphatic carbocycles. The van der Waals surface area contributed by atoms with Gasteiger partial charge in [0.1, 0.15) is 0 Å². The molecule has 264 valence electrons. The minimum absolute atomic E-state index is 0.0765. The molecule has 0 aliphatic heterocycles. The van der Waals surface area contributed by atoms with E-state index in [0.29, 0.717) is 0 Å². The van der Waals surface area contributed by atoms with Crippen LogP contribution in [0.5, 0.6) is 0 Å². The number of hydrogen-bond donors (Lipinski definition) is 0. The molecule has 0 amide bonds. The molecule has 0 spiro atoms. The van der Waals surface area contributed by atoms with Gasteiger partial charge in [0.25, 0.3) is 0 Å². The van der Waals surface area contributed by atoms with Crippen molar-refractivity contribution >= 4 is 17.1 Å². The van der Waals surface area contributed by atoms with Crippen molar-refractivity contribution in [1.29, 1.82) is 0 Å². The number of hydrogen-bond acceptors (Lipinski definition) is 1. The summed E-state index contributed by atoms with van der Waals surface area (Å²) in [6.45, 7) is 30.7. The summed E-state index contributed by atoms with van der Waals surface area (Å²) < 4.78 is 0. The second-order valence-corrected chi connectivity index (χ2v) is 19.5. The molecule has 51 heavy (non-hydrogen) atoms. The molecule has 0 radical (unpaired) electrons. The molecule has 0 aromatic heterocycles. The first-order chi connectivity index (χ1) is 23.7. The van der Waals surface area contributed by atoms with Crippen LogP contribution in [0, 0.1) is 6.92 Å². The quantitative estimate of drug-likeness (QED) is 0.184. The van der Waals surface area contributed by atoms with Gasteiger partial charge in [-0.2, -0.15) is 0 Å². The van der Waals surface area contributed by atoms with Crippen LogP contribution in [0.1, 0.15) is 135 Å². The van der Waals surface area contributed by atoms with Gasteiger partial charge >= 0.3 is 0 Å². The minimum Gasteiger partial charge on any atom is -0.310 e. The Hall–Kier alpha value is -4.10. The highest BCUT2D eigenvalue weighted by molar-refractivity contribution is 5.95.